The van der Waals surface area contributed by atoms with E-state index >= 15 is 0 Å². The maximum Gasteiger partial charge on any atom is 0.434 e. The standard InChI is InChI=1S/C14H7ClF3N3O2/c15-10-4-3-7-6-9(21(13(22)23)12(7)20-10)8-2-1-5-19-11(8)14(16,17)18/h1-6H,(H,22,23)/p-1. The fourth-order valence-electron chi connectivity index (χ4n) is 2.27. The summed E-state index contributed by atoms with van der Waals surface area (Å²) >= 11 is 5.72. The molecule has 118 valence electrons. The lowest BCUT2D eigenvalue weighted by Crippen LogP contribution is -2.29. The van der Waals surface area contributed by atoms with Gasteiger partial charge in [0.05, 0.1) is 5.69 Å². The number of hydrogen-bond acceptors (Lipinski definition) is 4. The van der Waals surface area contributed by atoms with E-state index in [9.17, 15) is 23.1 Å². The molecule has 0 aliphatic carbocycles. The highest BCUT2D eigenvalue weighted by Crippen LogP contribution is 2.37. The summed E-state index contributed by atoms with van der Waals surface area (Å²) in [7, 11) is 0. The SMILES string of the molecule is O=C([O-])n1c(-c2cccnc2C(F)(F)F)cc2ccc(Cl)nc21. The zero-order valence-corrected chi connectivity index (χ0v) is 11.9. The Morgan fingerprint density at radius 1 is 1.26 bits per heavy atom. The van der Waals surface area contributed by atoms with Crippen LogP contribution in [0.3, 0.4) is 0 Å². The average molecular weight is 341 g/mol. The molecule has 3 rings (SSSR count). The molecule has 0 spiro atoms. The molecule has 0 aliphatic rings. The summed E-state index contributed by atoms with van der Waals surface area (Å²) in [6, 6.07) is 6.53. The summed E-state index contributed by atoms with van der Waals surface area (Å²) in [4.78, 5) is 18.6. The number of nitrogens with zero attached hydrogens (tertiary/aromatic N) is 3. The second kappa shape index (κ2) is 5.24. The third kappa shape index (κ3) is 2.61. The van der Waals surface area contributed by atoms with E-state index in [2.05, 4.69) is 9.97 Å². The number of halogens is 4. The van der Waals surface area contributed by atoms with Crippen molar-refractivity contribution in [3.05, 3.63) is 47.4 Å². The van der Waals surface area contributed by atoms with E-state index in [4.69, 9.17) is 11.6 Å². The Bertz CT molecular complexity index is 921. The molecule has 0 saturated heterocycles. The molecule has 0 bridgehead atoms. The third-order valence-corrected chi connectivity index (χ3v) is 3.36. The molecule has 0 fully saturated rings. The first-order chi connectivity index (χ1) is 10.8. The number of carbonyl (C=O) groups is 1. The molecule has 0 aliphatic heterocycles. The smallest absolute Gasteiger partial charge is 0.434 e. The topological polar surface area (TPSA) is 70.8 Å². The van der Waals surface area contributed by atoms with Crippen LogP contribution < -0.4 is 5.11 Å². The van der Waals surface area contributed by atoms with Gasteiger partial charge in [-0.2, -0.15) is 13.2 Å². The highest BCUT2D eigenvalue weighted by atomic mass is 35.5. The summed E-state index contributed by atoms with van der Waals surface area (Å²) in [6.45, 7) is 0. The van der Waals surface area contributed by atoms with Crippen LogP contribution in [0.5, 0.6) is 0 Å². The number of fused-ring (bicyclic) bond motifs is 1. The zero-order valence-electron chi connectivity index (χ0n) is 11.1. The predicted molar refractivity (Wildman–Crippen MR) is 73.8 cm³/mol. The molecule has 3 aromatic rings. The lowest BCUT2D eigenvalue weighted by atomic mass is 10.1. The van der Waals surface area contributed by atoms with Gasteiger partial charge in [0.25, 0.3) is 0 Å². The van der Waals surface area contributed by atoms with Crippen molar-refractivity contribution in [3.8, 4) is 11.3 Å². The van der Waals surface area contributed by atoms with Gasteiger partial charge in [0, 0.05) is 17.1 Å². The van der Waals surface area contributed by atoms with Crippen molar-refractivity contribution in [3.63, 3.8) is 0 Å². The van der Waals surface area contributed by atoms with Gasteiger partial charge in [0.2, 0.25) is 0 Å². The molecule has 0 atom stereocenters. The van der Waals surface area contributed by atoms with Crippen LogP contribution in [0.25, 0.3) is 22.3 Å². The quantitative estimate of drug-likeness (QED) is 0.638. The predicted octanol–water partition coefficient (Wildman–Crippen LogP) is 2.96. The van der Waals surface area contributed by atoms with Crippen LogP contribution in [0.1, 0.15) is 5.69 Å². The van der Waals surface area contributed by atoms with Gasteiger partial charge in [0.1, 0.15) is 16.9 Å². The maximum atomic E-state index is 13.1. The number of pyridine rings is 2. The van der Waals surface area contributed by atoms with Crippen LogP contribution in [0, 0.1) is 0 Å². The minimum atomic E-state index is -4.74. The van der Waals surface area contributed by atoms with E-state index in [1.807, 2.05) is 0 Å². The highest BCUT2D eigenvalue weighted by molar-refractivity contribution is 6.29. The molecule has 0 amide bonds. The third-order valence-electron chi connectivity index (χ3n) is 3.15. The molecular weight excluding hydrogens is 335 g/mol. The lowest BCUT2D eigenvalue weighted by Gasteiger charge is -2.14. The molecule has 9 heteroatoms. The summed E-state index contributed by atoms with van der Waals surface area (Å²) < 4.78 is 39.9. The Morgan fingerprint density at radius 2 is 2.00 bits per heavy atom. The fraction of sp³-hybridized carbons (Fsp3) is 0.0714. The van der Waals surface area contributed by atoms with Crippen LogP contribution >= 0.6 is 11.6 Å². The number of aromatic nitrogens is 3. The molecule has 3 aromatic heterocycles. The molecule has 3 heterocycles. The Balaban J connectivity index is 2.38. The van der Waals surface area contributed by atoms with Crippen LogP contribution in [0.2, 0.25) is 5.15 Å². The Kier molecular flexibility index (Phi) is 3.48. The second-order valence-corrected chi connectivity index (χ2v) is 4.96. The van der Waals surface area contributed by atoms with Crippen molar-refractivity contribution in [2.75, 3.05) is 0 Å². The largest absolute Gasteiger partial charge is 0.529 e. The summed E-state index contributed by atoms with van der Waals surface area (Å²) in [6.07, 6.45) is -5.48. The molecule has 5 nitrogen and oxygen atoms in total. The van der Waals surface area contributed by atoms with Crippen LogP contribution in [-0.2, 0) is 6.18 Å². The molecule has 0 N–H and O–H groups in total. The van der Waals surface area contributed by atoms with E-state index in [-0.39, 0.29) is 16.5 Å². The Labute approximate surface area is 132 Å². The van der Waals surface area contributed by atoms with E-state index in [0.29, 0.717) is 9.95 Å². The van der Waals surface area contributed by atoms with Gasteiger partial charge < -0.3 is 9.90 Å². The number of alkyl halides is 3. The monoisotopic (exact) mass is 340 g/mol. The van der Waals surface area contributed by atoms with Crippen molar-refractivity contribution in [2.24, 2.45) is 0 Å². The van der Waals surface area contributed by atoms with Crippen LogP contribution in [0.4, 0.5) is 18.0 Å². The van der Waals surface area contributed by atoms with E-state index in [1.54, 1.807) is 0 Å². The summed E-state index contributed by atoms with van der Waals surface area (Å²) in [5, 5.41) is 11.7. The second-order valence-electron chi connectivity index (χ2n) is 4.58. The van der Waals surface area contributed by atoms with E-state index < -0.39 is 23.5 Å². The number of carboxylic acid groups (broad SMARTS) is 1. The fourth-order valence-corrected chi connectivity index (χ4v) is 2.42. The number of hydrogen-bond donors (Lipinski definition) is 0. The van der Waals surface area contributed by atoms with Gasteiger partial charge in [-0.15, -0.1) is 0 Å². The van der Waals surface area contributed by atoms with E-state index in [1.165, 1.54) is 24.3 Å². The van der Waals surface area contributed by atoms with Crippen LogP contribution in [0.15, 0.2) is 36.5 Å². The van der Waals surface area contributed by atoms with Crippen molar-refractivity contribution in [2.45, 2.75) is 6.18 Å². The zero-order chi connectivity index (χ0) is 16.8. The Morgan fingerprint density at radius 3 is 2.65 bits per heavy atom. The van der Waals surface area contributed by atoms with Crippen molar-refractivity contribution in [1.82, 2.24) is 14.5 Å². The Hall–Kier alpha value is -2.61. The number of carbonyl (C=O) groups excluding carboxylic acids is 1. The first kappa shape index (κ1) is 15.3. The molecule has 0 saturated carbocycles. The molecule has 0 radical (unpaired) electrons. The van der Waals surface area contributed by atoms with Gasteiger partial charge in [-0.1, -0.05) is 11.6 Å². The summed E-state index contributed by atoms with van der Waals surface area (Å²) in [5.74, 6) is 0. The van der Waals surface area contributed by atoms with Gasteiger partial charge in [-0.05, 0) is 30.3 Å². The molecular formula is C14H6ClF3N3O2-. The van der Waals surface area contributed by atoms with Crippen molar-refractivity contribution in [1.29, 1.82) is 0 Å². The van der Waals surface area contributed by atoms with E-state index in [0.717, 1.165) is 12.3 Å². The highest BCUT2D eigenvalue weighted by Gasteiger charge is 2.36. The first-order valence-corrected chi connectivity index (χ1v) is 6.59. The van der Waals surface area contributed by atoms with Gasteiger partial charge in [-0.25, -0.2) is 4.98 Å². The van der Waals surface area contributed by atoms with Crippen molar-refractivity contribution >= 4 is 28.7 Å². The first-order valence-electron chi connectivity index (χ1n) is 6.21. The summed E-state index contributed by atoms with van der Waals surface area (Å²) in [5.41, 5.74) is -1.94. The van der Waals surface area contributed by atoms with Gasteiger partial charge in [-0.3, -0.25) is 9.55 Å². The van der Waals surface area contributed by atoms with Crippen molar-refractivity contribution < 1.29 is 23.1 Å². The van der Waals surface area contributed by atoms with Gasteiger partial charge in [0.15, 0.2) is 5.69 Å². The maximum absolute atomic E-state index is 13.1. The molecule has 23 heavy (non-hydrogen) atoms. The normalized spacial score (nSPS) is 11.8. The number of rotatable bonds is 1. The average Bonchev–Trinajstić information content (AvgIpc) is 2.84. The van der Waals surface area contributed by atoms with Gasteiger partial charge >= 0.3 is 6.18 Å². The lowest BCUT2D eigenvalue weighted by molar-refractivity contribution is -0.249. The molecule has 0 unspecified atom stereocenters. The minimum absolute atomic E-state index is 0.00637. The van der Waals surface area contributed by atoms with Crippen LogP contribution in [-0.4, -0.2) is 20.6 Å². The molecule has 0 aromatic carbocycles. The minimum Gasteiger partial charge on any atom is -0.529 e.